The Hall–Kier alpha value is -2.11. The van der Waals surface area contributed by atoms with E-state index in [9.17, 15) is 4.79 Å². The van der Waals surface area contributed by atoms with E-state index in [1.807, 2.05) is 31.2 Å². The number of hydrogen-bond acceptors (Lipinski definition) is 4. The van der Waals surface area contributed by atoms with E-state index in [2.05, 4.69) is 33.3 Å². The molecule has 2 aliphatic rings. The van der Waals surface area contributed by atoms with Crippen molar-refractivity contribution >= 4 is 5.91 Å². The molecule has 0 aliphatic carbocycles. The number of likely N-dealkylation sites (tertiary alicyclic amines) is 2. The maximum Gasteiger partial charge on any atom is 0.224 e. The molecule has 1 aromatic heterocycles. The molecule has 2 aliphatic heterocycles. The zero-order valence-electron chi connectivity index (χ0n) is 17.5. The molecule has 0 unspecified atom stereocenters. The van der Waals surface area contributed by atoms with Crippen molar-refractivity contribution in [2.45, 2.75) is 51.7 Å². The third-order valence-corrected chi connectivity index (χ3v) is 6.38. The second-order valence-corrected chi connectivity index (χ2v) is 8.56. The minimum atomic E-state index is 0.122. The topological polar surface area (TPSA) is 48.7 Å². The summed E-state index contributed by atoms with van der Waals surface area (Å²) in [4.78, 5) is 17.8. The van der Waals surface area contributed by atoms with E-state index < -0.39 is 0 Å². The van der Waals surface area contributed by atoms with Crippen molar-refractivity contribution in [2.75, 3.05) is 26.2 Å². The summed E-state index contributed by atoms with van der Waals surface area (Å²) in [5.74, 6) is 2.38. The summed E-state index contributed by atoms with van der Waals surface area (Å²) < 4.78 is 5.73. The van der Waals surface area contributed by atoms with Gasteiger partial charge in [-0.15, -0.1) is 0 Å². The molecule has 2 saturated heterocycles. The van der Waals surface area contributed by atoms with Gasteiger partial charge in [-0.2, -0.15) is 0 Å². The van der Waals surface area contributed by atoms with Crippen molar-refractivity contribution in [3.05, 3.63) is 59.5 Å². The number of amides is 1. The Morgan fingerprint density at radius 1 is 1.07 bits per heavy atom. The smallest absolute Gasteiger partial charge is 0.224 e. The predicted molar refractivity (Wildman–Crippen MR) is 114 cm³/mol. The van der Waals surface area contributed by atoms with Gasteiger partial charge in [0.1, 0.15) is 11.5 Å². The van der Waals surface area contributed by atoms with Gasteiger partial charge < -0.3 is 9.73 Å². The fourth-order valence-electron chi connectivity index (χ4n) is 4.71. The molecule has 156 valence electrons. The summed E-state index contributed by atoms with van der Waals surface area (Å²) in [5, 5.41) is 3.14. The van der Waals surface area contributed by atoms with Gasteiger partial charge in [-0.05, 0) is 56.8 Å². The molecule has 1 atom stereocenters. The highest BCUT2D eigenvalue weighted by Crippen LogP contribution is 2.25. The summed E-state index contributed by atoms with van der Waals surface area (Å²) in [5.41, 5.74) is 1.16. The Kier molecular flexibility index (Phi) is 6.67. The number of benzene rings is 1. The molecule has 2 fully saturated rings. The quantitative estimate of drug-likeness (QED) is 0.812. The van der Waals surface area contributed by atoms with Crippen LogP contribution in [-0.2, 0) is 17.9 Å². The summed E-state index contributed by atoms with van der Waals surface area (Å²) in [7, 11) is 0. The highest BCUT2D eigenvalue weighted by Gasteiger charge is 2.31. The monoisotopic (exact) mass is 395 g/mol. The summed E-state index contributed by atoms with van der Waals surface area (Å²) in [6.45, 7) is 7.77. The van der Waals surface area contributed by atoms with Crippen LogP contribution < -0.4 is 5.32 Å². The normalized spacial score (nSPS) is 21.9. The van der Waals surface area contributed by atoms with Crippen LogP contribution in [0.3, 0.4) is 0 Å². The number of hydrogen-bond donors (Lipinski definition) is 1. The molecule has 29 heavy (non-hydrogen) atoms. The molecule has 0 saturated carbocycles. The first-order valence-corrected chi connectivity index (χ1v) is 11.0. The van der Waals surface area contributed by atoms with Gasteiger partial charge in [0.05, 0.1) is 12.5 Å². The number of carbonyl (C=O) groups is 1. The highest BCUT2D eigenvalue weighted by molar-refractivity contribution is 5.79. The van der Waals surface area contributed by atoms with Crippen LogP contribution in [0.25, 0.3) is 0 Å². The zero-order chi connectivity index (χ0) is 20.1. The lowest BCUT2D eigenvalue weighted by Gasteiger charge is -2.41. The Bertz CT molecular complexity index is 780. The maximum atomic E-state index is 12.7. The first-order chi connectivity index (χ1) is 14.2. The van der Waals surface area contributed by atoms with Gasteiger partial charge in [0, 0.05) is 32.2 Å². The lowest BCUT2D eigenvalue weighted by Crippen LogP contribution is -2.50. The van der Waals surface area contributed by atoms with Crippen LogP contribution in [0.5, 0.6) is 0 Å². The second-order valence-electron chi connectivity index (χ2n) is 8.56. The second kappa shape index (κ2) is 9.59. The maximum absolute atomic E-state index is 12.7. The van der Waals surface area contributed by atoms with Crippen LogP contribution in [0.1, 0.15) is 42.8 Å². The van der Waals surface area contributed by atoms with Crippen LogP contribution in [-0.4, -0.2) is 47.9 Å². The van der Waals surface area contributed by atoms with Crippen molar-refractivity contribution in [3.8, 4) is 0 Å². The van der Waals surface area contributed by atoms with Crippen LogP contribution in [0, 0.1) is 12.8 Å². The van der Waals surface area contributed by atoms with Gasteiger partial charge >= 0.3 is 0 Å². The van der Waals surface area contributed by atoms with Crippen LogP contribution >= 0.6 is 0 Å². The van der Waals surface area contributed by atoms with E-state index in [-0.39, 0.29) is 11.8 Å². The number of piperidine rings is 2. The molecule has 1 aromatic carbocycles. The van der Waals surface area contributed by atoms with E-state index in [4.69, 9.17) is 4.42 Å². The number of carbonyl (C=O) groups excluding carboxylic acids is 1. The van der Waals surface area contributed by atoms with Gasteiger partial charge in [-0.1, -0.05) is 30.3 Å². The molecular formula is C24H33N3O2. The molecule has 4 rings (SSSR count). The largest absolute Gasteiger partial charge is 0.465 e. The van der Waals surface area contributed by atoms with Gasteiger partial charge in [0.2, 0.25) is 5.91 Å². The molecule has 0 bridgehead atoms. The van der Waals surface area contributed by atoms with Gasteiger partial charge in [-0.25, -0.2) is 0 Å². The van der Waals surface area contributed by atoms with E-state index in [0.717, 1.165) is 62.6 Å². The van der Waals surface area contributed by atoms with Crippen LogP contribution in [0.4, 0.5) is 0 Å². The predicted octanol–water partition coefficient (Wildman–Crippen LogP) is 3.58. The Labute approximate surface area is 174 Å². The molecular weight excluding hydrogens is 362 g/mol. The average molecular weight is 396 g/mol. The van der Waals surface area contributed by atoms with E-state index >= 15 is 0 Å². The van der Waals surface area contributed by atoms with Gasteiger partial charge in [-0.3, -0.25) is 14.6 Å². The van der Waals surface area contributed by atoms with Crippen molar-refractivity contribution in [2.24, 2.45) is 5.92 Å². The molecule has 2 aromatic rings. The number of rotatable bonds is 6. The number of nitrogens with one attached hydrogen (secondary N) is 1. The van der Waals surface area contributed by atoms with Crippen molar-refractivity contribution in [3.63, 3.8) is 0 Å². The van der Waals surface area contributed by atoms with Crippen molar-refractivity contribution in [1.82, 2.24) is 15.1 Å². The molecule has 3 heterocycles. The third-order valence-electron chi connectivity index (χ3n) is 6.38. The number of furan rings is 1. The van der Waals surface area contributed by atoms with Gasteiger partial charge in [0.25, 0.3) is 0 Å². The van der Waals surface area contributed by atoms with Crippen molar-refractivity contribution in [1.29, 1.82) is 0 Å². The van der Waals surface area contributed by atoms with Gasteiger partial charge in [0.15, 0.2) is 0 Å². The number of nitrogens with zero attached hydrogens (tertiary/aromatic N) is 2. The average Bonchev–Trinajstić information content (AvgIpc) is 3.18. The molecule has 1 N–H and O–H groups in total. The van der Waals surface area contributed by atoms with E-state index in [1.165, 1.54) is 12.8 Å². The third kappa shape index (κ3) is 5.49. The van der Waals surface area contributed by atoms with E-state index in [0.29, 0.717) is 12.6 Å². The Balaban J connectivity index is 1.23. The SMILES string of the molecule is Cc1ccc(CN2CCC(N3CCC[C@@H](C(=O)NCc4ccccc4)C3)CC2)o1. The van der Waals surface area contributed by atoms with Crippen molar-refractivity contribution < 1.29 is 9.21 Å². The summed E-state index contributed by atoms with van der Waals surface area (Å²) in [6.07, 6.45) is 4.49. The summed E-state index contributed by atoms with van der Waals surface area (Å²) in [6, 6.07) is 14.9. The van der Waals surface area contributed by atoms with Crippen LogP contribution in [0.15, 0.2) is 46.9 Å². The lowest BCUT2D eigenvalue weighted by molar-refractivity contribution is -0.127. The summed E-state index contributed by atoms with van der Waals surface area (Å²) >= 11 is 0. The molecule has 5 nitrogen and oxygen atoms in total. The number of aryl methyl sites for hydroxylation is 1. The molecule has 1 amide bonds. The first kappa shape index (κ1) is 20.2. The molecule has 0 spiro atoms. The van der Waals surface area contributed by atoms with Crippen LogP contribution in [0.2, 0.25) is 0 Å². The lowest BCUT2D eigenvalue weighted by atomic mass is 9.93. The Morgan fingerprint density at radius 2 is 1.86 bits per heavy atom. The fraction of sp³-hybridized carbons (Fsp3) is 0.542. The molecule has 0 radical (unpaired) electrons. The standard InChI is InChI=1S/C24H33N3O2/c1-19-9-10-23(29-19)18-26-14-11-22(12-15-26)27-13-5-8-21(17-27)24(28)25-16-20-6-3-2-4-7-20/h2-4,6-7,9-10,21-22H,5,8,11-18H2,1H3,(H,25,28)/t21-/m1/s1. The Morgan fingerprint density at radius 3 is 2.59 bits per heavy atom. The fourth-order valence-corrected chi connectivity index (χ4v) is 4.71. The highest BCUT2D eigenvalue weighted by atomic mass is 16.3. The van der Waals surface area contributed by atoms with E-state index in [1.54, 1.807) is 0 Å². The first-order valence-electron chi connectivity index (χ1n) is 11.0. The molecule has 5 heteroatoms. The zero-order valence-corrected chi connectivity index (χ0v) is 17.5. The minimum Gasteiger partial charge on any atom is -0.465 e. The minimum absolute atomic E-state index is 0.122.